The molecule has 6 heteroatoms. The molecule has 2 aromatic rings. The van der Waals surface area contributed by atoms with Gasteiger partial charge in [-0.1, -0.05) is 19.1 Å². The van der Waals surface area contributed by atoms with Crippen LogP contribution in [-0.2, 0) is 0 Å². The van der Waals surface area contributed by atoms with E-state index in [-0.39, 0.29) is 11.5 Å². The molecule has 0 aliphatic heterocycles. The van der Waals surface area contributed by atoms with E-state index in [2.05, 4.69) is 17.6 Å². The summed E-state index contributed by atoms with van der Waals surface area (Å²) in [5.74, 6) is -4.21. The molecule has 2 rings (SSSR count). The number of halogens is 3. The Kier molecular flexibility index (Phi) is 6.37. The highest BCUT2D eigenvalue weighted by atomic mass is 19.2. The zero-order valence-corrected chi connectivity index (χ0v) is 13.3. The highest BCUT2D eigenvalue weighted by Gasteiger charge is 2.12. The van der Waals surface area contributed by atoms with E-state index in [0.29, 0.717) is 24.2 Å². The summed E-state index contributed by atoms with van der Waals surface area (Å²) >= 11 is 0. The molecule has 0 unspecified atom stereocenters. The first kappa shape index (κ1) is 18.0. The van der Waals surface area contributed by atoms with Gasteiger partial charge < -0.3 is 10.6 Å². The molecule has 0 heterocycles. The molecular weight excluding hydrogens is 317 g/mol. The van der Waals surface area contributed by atoms with E-state index in [9.17, 15) is 18.0 Å². The third-order valence-electron chi connectivity index (χ3n) is 3.48. The smallest absolute Gasteiger partial charge is 0.251 e. The molecule has 0 spiro atoms. The Morgan fingerprint density at radius 3 is 2.12 bits per heavy atom. The molecule has 0 radical (unpaired) electrons. The third kappa shape index (κ3) is 4.58. The molecule has 0 saturated carbocycles. The van der Waals surface area contributed by atoms with Gasteiger partial charge in [-0.05, 0) is 48.4 Å². The summed E-state index contributed by atoms with van der Waals surface area (Å²) in [5.41, 5.74) is 1.15. The van der Waals surface area contributed by atoms with Crippen LogP contribution < -0.4 is 10.6 Å². The van der Waals surface area contributed by atoms with Crippen LogP contribution in [0, 0.1) is 17.5 Å². The zero-order valence-electron chi connectivity index (χ0n) is 13.3. The molecule has 0 atom stereocenters. The van der Waals surface area contributed by atoms with Crippen molar-refractivity contribution in [1.29, 1.82) is 0 Å². The molecule has 0 saturated heterocycles. The molecule has 0 aliphatic rings. The van der Waals surface area contributed by atoms with Gasteiger partial charge in [-0.25, -0.2) is 13.2 Å². The predicted octanol–water partition coefficient (Wildman–Crippen LogP) is 3.50. The van der Waals surface area contributed by atoms with Crippen molar-refractivity contribution >= 4 is 5.91 Å². The van der Waals surface area contributed by atoms with Crippen LogP contribution in [0.15, 0.2) is 36.4 Å². The Balaban J connectivity index is 2.01. The van der Waals surface area contributed by atoms with Gasteiger partial charge in [0, 0.05) is 18.7 Å². The Morgan fingerprint density at radius 1 is 0.917 bits per heavy atom. The first-order valence-electron chi connectivity index (χ1n) is 7.76. The molecule has 0 bridgehead atoms. The van der Waals surface area contributed by atoms with Gasteiger partial charge in [0.15, 0.2) is 17.5 Å². The Bertz CT molecular complexity index is 679. The van der Waals surface area contributed by atoms with Crippen molar-refractivity contribution in [3.05, 3.63) is 59.4 Å². The van der Waals surface area contributed by atoms with Crippen LogP contribution in [0.3, 0.4) is 0 Å². The lowest BCUT2D eigenvalue weighted by atomic mass is 10.0. The van der Waals surface area contributed by atoms with Crippen LogP contribution in [0.1, 0.15) is 23.7 Å². The number of hydrogen-bond acceptors (Lipinski definition) is 2. The largest absolute Gasteiger partial charge is 0.351 e. The summed E-state index contributed by atoms with van der Waals surface area (Å²) in [6.07, 6.45) is 1.03. The van der Waals surface area contributed by atoms with Crippen LogP contribution >= 0.6 is 0 Å². The quantitative estimate of drug-likeness (QED) is 0.600. The van der Waals surface area contributed by atoms with Crippen LogP contribution in [0.4, 0.5) is 13.2 Å². The number of hydrogen-bond donors (Lipinski definition) is 2. The van der Waals surface area contributed by atoms with Gasteiger partial charge in [-0.15, -0.1) is 0 Å². The van der Waals surface area contributed by atoms with E-state index in [0.717, 1.165) is 25.1 Å². The lowest BCUT2D eigenvalue weighted by molar-refractivity contribution is 0.0954. The zero-order chi connectivity index (χ0) is 17.5. The summed E-state index contributed by atoms with van der Waals surface area (Å²) in [5, 5.41) is 5.94. The number of amides is 1. The molecule has 2 N–H and O–H groups in total. The first-order valence-corrected chi connectivity index (χ1v) is 7.76. The van der Waals surface area contributed by atoms with E-state index in [4.69, 9.17) is 0 Å². The standard InChI is InChI=1S/C18H19F3N2O/c1-2-7-22-8-9-23-18(24)13-5-3-12(4-6-13)14-10-15(19)17(21)16(20)11-14/h3-6,10-11,22H,2,7-9H2,1H3,(H,23,24). The number of carbonyl (C=O) groups excluding carboxylic acids is 1. The van der Waals surface area contributed by atoms with Gasteiger partial charge in [0.1, 0.15) is 0 Å². The molecule has 24 heavy (non-hydrogen) atoms. The fourth-order valence-corrected chi connectivity index (χ4v) is 2.20. The Labute approximate surface area is 138 Å². The number of carbonyl (C=O) groups is 1. The third-order valence-corrected chi connectivity index (χ3v) is 3.48. The van der Waals surface area contributed by atoms with Gasteiger partial charge in [0.2, 0.25) is 0 Å². The van der Waals surface area contributed by atoms with Crippen LogP contribution in [0.5, 0.6) is 0 Å². The van der Waals surface area contributed by atoms with Crippen LogP contribution in [0.25, 0.3) is 11.1 Å². The molecule has 0 aliphatic carbocycles. The van der Waals surface area contributed by atoms with Gasteiger partial charge >= 0.3 is 0 Å². The van der Waals surface area contributed by atoms with E-state index in [1.54, 1.807) is 24.3 Å². The van der Waals surface area contributed by atoms with E-state index >= 15 is 0 Å². The minimum atomic E-state index is -1.49. The molecule has 128 valence electrons. The monoisotopic (exact) mass is 336 g/mol. The Morgan fingerprint density at radius 2 is 1.54 bits per heavy atom. The summed E-state index contributed by atoms with van der Waals surface area (Å²) in [6.45, 7) is 4.15. The minimum absolute atomic E-state index is 0.210. The highest BCUT2D eigenvalue weighted by Crippen LogP contribution is 2.24. The average Bonchev–Trinajstić information content (AvgIpc) is 2.59. The molecular formula is C18H19F3N2O. The van der Waals surface area contributed by atoms with Crippen molar-refractivity contribution < 1.29 is 18.0 Å². The number of benzene rings is 2. The lowest BCUT2D eigenvalue weighted by Crippen LogP contribution is -2.32. The van der Waals surface area contributed by atoms with Gasteiger partial charge in [-0.2, -0.15) is 0 Å². The molecule has 0 fully saturated rings. The highest BCUT2D eigenvalue weighted by molar-refractivity contribution is 5.94. The van der Waals surface area contributed by atoms with Gasteiger partial charge in [0.05, 0.1) is 0 Å². The van der Waals surface area contributed by atoms with Crippen molar-refractivity contribution in [1.82, 2.24) is 10.6 Å². The van der Waals surface area contributed by atoms with Crippen molar-refractivity contribution in [3.63, 3.8) is 0 Å². The number of nitrogens with one attached hydrogen (secondary N) is 2. The van der Waals surface area contributed by atoms with Crippen LogP contribution in [-0.4, -0.2) is 25.5 Å². The van der Waals surface area contributed by atoms with E-state index < -0.39 is 17.5 Å². The summed E-state index contributed by atoms with van der Waals surface area (Å²) in [7, 11) is 0. The average molecular weight is 336 g/mol. The molecule has 2 aromatic carbocycles. The Hall–Kier alpha value is -2.34. The maximum absolute atomic E-state index is 13.3. The second-order valence-corrected chi connectivity index (χ2v) is 5.34. The number of rotatable bonds is 7. The second kappa shape index (κ2) is 8.49. The van der Waals surface area contributed by atoms with E-state index in [1.807, 2.05) is 0 Å². The summed E-state index contributed by atoms with van der Waals surface area (Å²) in [6, 6.07) is 8.10. The maximum atomic E-state index is 13.3. The molecule has 1 amide bonds. The predicted molar refractivity (Wildman–Crippen MR) is 87.2 cm³/mol. The van der Waals surface area contributed by atoms with Crippen molar-refractivity contribution in [2.45, 2.75) is 13.3 Å². The van der Waals surface area contributed by atoms with Crippen molar-refractivity contribution in [3.8, 4) is 11.1 Å². The van der Waals surface area contributed by atoms with Crippen molar-refractivity contribution in [2.75, 3.05) is 19.6 Å². The van der Waals surface area contributed by atoms with E-state index in [1.165, 1.54) is 0 Å². The van der Waals surface area contributed by atoms with Gasteiger partial charge in [-0.3, -0.25) is 4.79 Å². The minimum Gasteiger partial charge on any atom is -0.351 e. The molecule has 3 nitrogen and oxygen atoms in total. The second-order valence-electron chi connectivity index (χ2n) is 5.34. The fourth-order valence-electron chi connectivity index (χ4n) is 2.20. The normalized spacial score (nSPS) is 10.7. The van der Waals surface area contributed by atoms with Gasteiger partial charge in [0.25, 0.3) is 5.91 Å². The van der Waals surface area contributed by atoms with Crippen molar-refractivity contribution in [2.24, 2.45) is 0 Å². The SMILES string of the molecule is CCCNCCNC(=O)c1ccc(-c2cc(F)c(F)c(F)c2)cc1. The topological polar surface area (TPSA) is 41.1 Å². The summed E-state index contributed by atoms with van der Waals surface area (Å²) < 4.78 is 39.5. The fraction of sp³-hybridized carbons (Fsp3) is 0.278. The molecule has 0 aromatic heterocycles. The lowest BCUT2D eigenvalue weighted by Gasteiger charge is -2.08. The first-order chi connectivity index (χ1) is 11.5. The summed E-state index contributed by atoms with van der Waals surface area (Å²) in [4.78, 5) is 12.0. The van der Waals surface area contributed by atoms with Crippen LogP contribution in [0.2, 0.25) is 0 Å². The maximum Gasteiger partial charge on any atom is 0.251 e.